The lowest BCUT2D eigenvalue weighted by molar-refractivity contribution is -0.128. The van der Waals surface area contributed by atoms with Crippen molar-refractivity contribution in [3.05, 3.63) is 64.1 Å². The van der Waals surface area contributed by atoms with Crippen LogP contribution >= 0.6 is 23.2 Å². The average molecular weight is 377 g/mol. The van der Waals surface area contributed by atoms with E-state index in [-0.39, 0.29) is 24.2 Å². The molecule has 2 aromatic rings. The van der Waals surface area contributed by atoms with E-state index in [0.717, 1.165) is 12.0 Å². The molecule has 2 amide bonds. The monoisotopic (exact) mass is 376 g/mol. The second kappa shape index (κ2) is 7.89. The molecular formula is C19H18Cl2N2O2. The van der Waals surface area contributed by atoms with Gasteiger partial charge in [0, 0.05) is 35.2 Å². The minimum Gasteiger partial charge on any atom is -0.342 e. The van der Waals surface area contributed by atoms with E-state index in [9.17, 15) is 9.59 Å². The van der Waals surface area contributed by atoms with E-state index in [4.69, 9.17) is 23.2 Å². The van der Waals surface area contributed by atoms with E-state index >= 15 is 0 Å². The maximum absolute atomic E-state index is 12.4. The fraction of sp³-hybridized carbons (Fsp3) is 0.263. The summed E-state index contributed by atoms with van der Waals surface area (Å²) in [6, 6.07) is 14.6. The number of hydrogen-bond donors (Lipinski definition) is 1. The summed E-state index contributed by atoms with van der Waals surface area (Å²) in [4.78, 5) is 26.3. The van der Waals surface area contributed by atoms with Crippen molar-refractivity contribution in [2.75, 3.05) is 18.4 Å². The van der Waals surface area contributed by atoms with Gasteiger partial charge in [-0.2, -0.15) is 0 Å². The normalized spacial score (nSPS) is 17.0. The molecule has 0 saturated carbocycles. The van der Waals surface area contributed by atoms with Gasteiger partial charge in [-0.05, 0) is 42.3 Å². The van der Waals surface area contributed by atoms with Gasteiger partial charge in [-0.1, -0.05) is 41.4 Å². The largest absolute Gasteiger partial charge is 0.342 e. The van der Waals surface area contributed by atoms with Gasteiger partial charge in [-0.25, -0.2) is 0 Å². The lowest BCUT2D eigenvalue weighted by Gasteiger charge is -2.16. The molecule has 0 spiro atoms. The van der Waals surface area contributed by atoms with Crippen LogP contribution in [-0.2, 0) is 16.0 Å². The Bertz CT molecular complexity index is 794. The number of amides is 2. The zero-order valence-corrected chi connectivity index (χ0v) is 15.1. The molecule has 2 aromatic carbocycles. The Hall–Kier alpha value is -2.04. The molecule has 25 heavy (non-hydrogen) atoms. The van der Waals surface area contributed by atoms with Gasteiger partial charge < -0.3 is 10.2 Å². The van der Waals surface area contributed by atoms with Gasteiger partial charge >= 0.3 is 0 Å². The zero-order valence-electron chi connectivity index (χ0n) is 13.5. The van der Waals surface area contributed by atoms with Crippen molar-refractivity contribution in [3.8, 4) is 0 Å². The highest BCUT2D eigenvalue weighted by Gasteiger charge is 2.34. The molecule has 3 rings (SSSR count). The van der Waals surface area contributed by atoms with Crippen molar-refractivity contribution in [2.24, 2.45) is 5.92 Å². The van der Waals surface area contributed by atoms with Crippen LogP contribution < -0.4 is 5.32 Å². The van der Waals surface area contributed by atoms with Gasteiger partial charge in [0.15, 0.2) is 0 Å². The summed E-state index contributed by atoms with van der Waals surface area (Å²) in [5.74, 6) is -0.486. The van der Waals surface area contributed by atoms with Crippen LogP contribution in [0.5, 0.6) is 0 Å². The highest BCUT2D eigenvalue weighted by molar-refractivity contribution is 6.31. The van der Waals surface area contributed by atoms with Gasteiger partial charge in [0.1, 0.15) is 0 Å². The van der Waals surface area contributed by atoms with Crippen molar-refractivity contribution in [1.82, 2.24) is 4.90 Å². The predicted octanol–water partition coefficient (Wildman–Crippen LogP) is 4.02. The van der Waals surface area contributed by atoms with Crippen LogP contribution in [0, 0.1) is 5.92 Å². The highest BCUT2D eigenvalue weighted by Crippen LogP contribution is 2.22. The third-order valence-corrected chi connectivity index (χ3v) is 4.71. The molecule has 1 fully saturated rings. The second-order valence-electron chi connectivity index (χ2n) is 6.12. The van der Waals surface area contributed by atoms with Crippen LogP contribution in [0.2, 0.25) is 10.0 Å². The number of carbonyl (C=O) groups excluding carboxylic acids is 2. The Morgan fingerprint density at radius 2 is 1.84 bits per heavy atom. The molecule has 0 radical (unpaired) electrons. The summed E-state index contributed by atoms with van der Waals surface area (Å²) < 4.78 is 0. The number of nitrogens with zero attached hydrogens (tertiary/aromatic N) is 1. The molecule has 1 unspecified atom stereocenters. The Morgan fingerprint density at radius 1 is 1.12 bits per heavy atom. The van der Waals surface area contributed by atoms with Gasteiger partial charge in [0.2, 0.25) is 11.8 Å². The van der Waals surface area contributed by atoms with E-state index in [0.29, 0.717) is 28.8 Å². The van der Waals surface area contributed by atoms with Crippen LogP contribution in [0.25, 0.3) is 0 Å². The first-order chi connectivity index (χ1) is 12.0. The fourth-order valence-corrected chi connectivity index (χ4v) is 3.33. The lowest BCUT2D eigenvalue weighted by Crippen LogP contribution is -2.30. The molecule has 0 aliphatic carbocycles. The highest BCUT2D eigenvalue weighted by atomic mass is 35.5. The molecular weight excluding hydrogens is 359 g/mol. The van der Waals surface area contributed by atoms with Gasteiger partial charge in [-0.15, -0.1) is 0 Å². The number of hydrogen-bond acceptors (Lipinski definition) is 2. The van der Waals surface area contributed by atoms with Crippen molar-refractivity contribution < 1.29 is 9.59 Å². The molecule has 1 saturated heterocycles. The number of nitrogens with one attached hydrogen (secondary N) is 1. The minimum atomic E-state index is -0.342. The first kappa shape index (κ1) is 17.8. The van der Waals surface area contributed by atoms with Crippen molar-refractivity contribution >= 4 is 40.7 Å². The molecule has 0 bridgehead atoms. The first-order valence-corrected chi connectivity index (χ1v) is 8.85. The van der Waals surface area contributed by atoms with Crippen molar-refractivity contribution in [3.63, 3.8) is 0 Å². The molecule has 0 aromatic heterocycles. The smallest absolute Gasteiger partial charge is 0.229 e. The van der Waals surface area contributed by atoms with Crippen LogP contribution in [0.3, 0.4) is 0 Å². The quantitative estimate of drug-likeness (QED) is 0.856. The number of rotatable bonds is 5. The zero-order chi connectivity index (χ0) is 17.8. The summed E-state index contributed by atoms with van der Waals surface area (Å²) >= 11 is 11.9. The number of anilines is 1. The molecule has 130 valence electrons. The third-order valence-electron chi connectivity index (χ3n) is 4.24. The van der Waals surface area contributed by atoms with E-state index < -0.39 is 0 Å². The van der Waals surface area contributed by atoms with Crippen molar-refractivity contribution in [1.29, 1.82) is 0 Å². The maximum Gasteiger partial charge on any atom is 0.229 e. The summed E-state index contributed by atoms with van der Waals surface area (Å²) in [7, 11) is 0. The number of likely N-dealkylation sites (tertiary alicyclic amines) is 1. The number of benzene rings is 2. The fourth-order valence-electron chi connectivity index (χ4n) is 2.93. The molecule has 1 N–H and O–H groups in total. The van der Waals surface area contributed by atoms with E-state index in [2.05, 4.69) is 5.32 Å². The van der Waals surface area contributed by atoms with Gasteiger partial charge in [-0.3, -0.25) is 9.59 Å². The van der Waals surface area contributed by atoms with Crippen LogP contribution in [-0.4, -0.2) is 29.8 Å². The summed E-state index contributed by atoms with van der Waals surface area (Å²) in [5, 5.41) is 4.07. The molecule has 1 heterocycles. The molecule has 1 aliphatic rings. The van der Waals surface area contributed by atoms with E-state index in [1.54, 1.807) is 29.2 Å². The standard InChI is InChI=1S/C19H18Cl2N2O2/c20-15-4-1-3-13(9-15)7-8-23-12-14(10-18(23)24)19(25)22-17-6-2-5-16(21)11-17/h1-6,9,11,14H,7-8,10,12H2,(H,22,25). The number of carbonyl (C=O) groups is 2. The lowest BCUT2D eigenvalue weighted by atomic mass is 10.1. The SMILES string of the molecule is O=C(Nc1cccc(Cl)c1)C1CC(=O)N(CCc2cccc(Cl)c2)C1. The second-order valence-corrected chi connectivity index (χ2v) is 6.99. The van der Waals surface area contributed by atoms with E-state index in [1.165, 1.54) is 0 Å². The summed E-state index contributed by atoms with van der Waals surface area (Å²) in [5.41, 5.74) is 1.72. The van der Waals surface area contributed by atoms with Gasteiger partial charge in [0.25, 0.3) is 0 Å². The molecule has 4 nitrogen and oxygen atoms in total. The minimum absolute atomic E-state index is 0.00766. The predicted molar refractivity (Wildman–Crippen MR) is 99.9 cm³/mol. The Balaban J connectivity index is 1.55. The Kier molecular flexibility index (Phi) is 5.61. The van der Waals surface area contributed by atoms with Crippen LogP contribution in [0.1, 0.15) is 12.0 Å². The Morgan fingerprint density at radius 3 is 2.56 bits per heavy atom. The van der Waals surface area contributed by atoms with Crippen molar-refractivity contribution in [2.45, 2.75) is 12.8 Å². The molecule has 6 heteroatoms. The first-order valence-electron chi connectivity index (χ1n) is 8.10. The van der Waals surface area contributed by atoms with Crippen LogP contribution in [0.15, 0.2) is 48.5 Å². The number of halogens is 2. The average Bonchev–Trinajstić information content (AvgIpc) is 2.94. The van der Waals surface area contributed by atoms with E-state index in [1.807, 2.05) is 24.3 Å². The molecule has 1 aliphatic heterocycles. The molecule has 1 atom stereocenters. The van der Waals surface area contributed by atoms with Gasteiger partial charge in [0.05, 0.1) is 5.92 Å². The third kappa shape index (κ3) is 4.74. The van der Waals surface area contributed by atoms with Crippen LogP contribution in [0.4, 0.5) is 5.69 Å². The Labute approximate surface area is 156 Å². The topological polar surface area (TPSA) is 49.4 Å². The summed E-state index contributed by atoms with van der Waals surface area (Å²) in [6.45, 7) is 1.02. The maximum atomic E-state index is 12.4. The summed E-state index contributed by atoms with van der Waals surface area (Å²) in [6.07, 6.45) is 0.955.